The lowest BCUT2D eigenvalue weighted by atomic mass is 9.77. The molecular weight excluding hydrogens is 376 g/mol. The number of piperidine rings is 2. The number of rotatable bonds is 4. The van der Waals surface area contributed by atoms with Gasteiger partial charge < -0.3 is 14.7 Å². The molecule has 3 aliphatic heterocycles. The smallest absolute Gasteiger partial charge is 0.243 e. The zero-order chi connectivity index (χ0) is 19.8. The summed E-state index contributed by atoms with van der Waals surface area (Å²) < 4.78 is 33.8. The normalized spacial score (nSPS) is 27.4. The van der Waals surface area contributed by atoms with Gasteiger partial charge in [-0.2, -0.15) is 4.31 Å². The first-order valence-electron chi connectivity index (χ1n) is 10.5. The number of sulfonamides is 1. The van der Waals surface area contributed by atoms with Crippen molar-refractivity contribution in [3.05, 3.63) is 29.8 Å². The van der Waals surface area contributed by atoms with E-state index < -0.39 is 10.0 Å². The summed E-state index contributed by atoms with van der Waals surface area (Å²) in [7, 11) is -3.42. The molecule has 28 heavy (non-hydrogen) atoms. The zero-order valence-corrected chi connectivity index (χ0v) is 17.5. The lowest BCUT2D eigenvalue weighted by Crippen LogP contribution is -2.44. The van der Waals surface area contributed by atoms with E-state index in [9.17, 15) is 13.5 Å². The van der Waals surface area contributed by atoms with Gasteiger partial charge in [0.1, 0.15) is 0 Å². The molecule has 3 aliphatic rings. The van der Waals surface area contributed by atoms with Gasteiger partial charge in [0.2, 0.25) is 10.0 Å². The van der Waals surface area contributed by atoms with Crippen LogP contribution in [-0.2, 0) is 14.8 Å². The third-order valence-corrected chi connectivity index (χ3v) is 8.86. The van der Waals surface area contributed by atoms with E-state index in [0.717, 1.165) is 63.9 Å². The molecule has 1 atom stereocenters. The fourth-order valence-electron chi connectivity index (χ4n) is 4.94. The molecule has 3 heterocycles. The van der Waals surface area contributed by atoms with Gasteiger partial charge in [-0.05, 0) is 56.1 Å². The average molecular weight is 409 g/mol. The number of nitrogens with zero attached hydrogens (tertiary/aromatic N) is 2. The molecule has 1 aromatic rings. The Labute approximate surface area is 168 Å². The molecule has 4 rings (SSSR count). The van der Waals surface area contributed by atoms with Crippen LogP contribution in [0.4, 0.5) is 0 Å². The Morgan fingerprint density at radius 1 is 1.14 bits per heavy atom. The quantitative estimate of drug-likeness (QED) is 0.825. The van der Waals surface area contributed by atoms with Gasteiger partial charge in [0.05, 0.1) is 23.7 Å². The number of hydrogen-bond donors (Lipinski definition) is 1. The maximum Gasteiger partial charge on any atom is 0.243 e. The van der Waals surface area contributed by atoms with Crippen LogP contribution in [-0.4, -0.2) is 74.3 Å². The third-order valence-electron chi connectivity index (χ3n) is 6.80. The highest BCUT2D eigenvalue weighted by atomic mass is 32.2. The molecular formula is C21H32N2O4S. The van der Waals surface area contributed by atoms with Gasteiger partial charge in [-0.1, -0.05) is 18.2 Å². The van der Waals surface area contributed by atoms with Gasteiger partial charge in [-0.15, -0.1) is 0 Å². The number of aryl methyl sites for hydroxylation is 1. The Bertz CT molecular complexity index is 781. The summed E-state index contributed by atoms with van der Waals surface area (Å²) in [5.41, 5.74) is 0.927. The number of ether oxygens (including phenoxy) is 1. The van der Waals surface area contributed by atoms with Crippen LogP contribution < -0.4 is 0 Å². The molecule has 0 amide bonds. The summed E-state index contributed by atoms with van der Waals surface area (Å²) in [6.45, 7) is 6.55. The average Bonchev–Trinajstić information content (AvgIpc) is 3.06. The minimum atomic E-state index is -3.42. The molecule has 0 bridgehead atoms. The number of likely N-dealkylation sites (tertiary alicyclic amines) is 1. The SMILES string of the molecule is Cc1ccccc1S(=O)(=O)N1CCC2(CC1)COC(CN1CCC(O)CC1)C2. The fourth-order valence-corrected chi connectivity index (χ4v) is 6.60. The monoisotopic (exact) mass is 408 g/mol. The summed E-state index contributed by atoms with van der Waals surface area (Å²) in [6, 6.07) is 7.23. The Kier molecular flexibility index (Phi) is 5.82. The molecule has 1 unspecified atom stereocenters. The number of aliphatic hydroxyl groups excluding tert-OH is 1. The Morgan fingerprint density at radius 2 is 1.82 bits per heavy atom. The molecule has 0 aromatic heterocycles. The van der Waals surface area contributed by atoms with Crippen LogP contribution in [0.25, 0.3) is 0 Å². The van der Waals surface area contributed by atoms with Crippen molar-refractivity contribution in [1.29, 1.82) is 0 Å². The molecule has 0 aliphatic carbocycles. The van der Waals surface area contributed by atoms with Gasteiger partial charge in [-0.3, -0.25) is 0 Å². The highest BCUT2D eigenvalue weighted by molar-refractivity contribution is 7.89. The van der Waals surface area contributed by atoms with E-state index in [0.29, 0.717) is 18.0 Å². The molecule has 0 saturated carbocycles. The molecule has 1 N–H and O–H groups in total. The number of aliphatic hydroxyl groups is 1. The van der Waals surface area contributed by atoms with Crippen molar-refractivity contribution < 1.29 is 18.3 Å². The fraction of sp³-hybridized carbons (Fsp3) is 0.714. The van der Waals surface area contributed by atoms with E-state index in [4.69, 9.17) is 4.74 Å². The molecule has 0 radical (unpaired) electrons. The molecule has 6 nitrogen and oxygen atoms in total. The van der Waals surface area contributed by atoms with Gasteiger partial charge in [0.15, 0.2) is 0 Å². The van der Waals surface area contributed by atoms with Crippen molar-refractivity contribution in [2.75, 3.05) is 39.3 Å². The van der Waals surface area contributed by atoms with E-state index >= 15 is 0 Å². The van der Waals surface area contributed by atoms with Crippen molar-refractivity contribution in [2.24, 2.45) is 5.41 Å². The second-order valence-electron chi connectivity index (χ2n) is 8.84. The van der Waals surface area contributed by atoms with E-state index in [1.165, 1.54) is 0 Å². The first kappa shape index (κ1) is 20.3. The van der Waals surface area contributed by atoms with Crippen molar-refractivity contribution in [2.45, 2.75) is 56.1 Å². The third kappa shape index (κ3) is 4.14. The highest BCUT2D eigenvalue weighted by Crippen LogP contribution is 2.43. The molecule has 7 heteroatoms. The summed E-state index contributed by atoms with van der Waals surface area (Å²) in [5.74, 6) is 0. The van der Waals surface area contributed by atoms with Gasteiger partial charge in [-0.25, -0.2) is 8.42 Å². The topological polar surface area (TPSA) is 70.1 Å². The first-order chi connectivity index (χ1) is 13.4. The maximum atomic E-state index is 13.0. The Hall–Kier alpha value is -0.990. The highest BCUT2D eigenvalue weighted by Gasteiger charge is 2.44. The van der Waals surface area contributed by atoms with Crippen LogP contribution in [0.5, 0.6) is 0 Å². The van der Waals surface area contributed by atoms with Crippen LogP contribution in [0, 0.1) is 12.3 Å². The van der Waals surface area contributed by atoms with Crippen LogP contribution in [0.1, 0.15) is 37.7 Å². The minimum Gasteiger partial charge on any atom is -0.393 e. The summed E-state index contributed by atoms with van der Waals surface area (Å²) >= 11 is 0. The second-order valence-corrected chi connectivity index (χ2v) is 10.7. The lowest BCUT2D eigenvalue weighted by molar-refractivity contribution is 0.0327. The molecule has 1 spiro atoms. The number of hydrogen-bond acceptors (Lipinski definition) is 5. The van der Waals surface area contributed by atoms with Gasteiger partial charge >= 0.3 is 0 Å². The van der Waals surface area contributed by atoms with Crippen LogP contribution >= 0.6 is 0 Å². The summed E-state index contributed by atoms with van der Waals surface area (Å²) in [6.07, 6.45) is 4.54. The van der Waals surface area contributed by atoms with E-state index in [1.54, 1.807) is 16.4 Å². The first-order valence-corrected chi connectivity index (χ1v) is 11.9. The van der Waals surface area contributed by atoms with Gasteiger partial charge in [0.25, 0.3) is 0 Å². The van der Waals surface area contributed by atoms with Crippen LogP contribution in [0.2, 0.25) is 0 Å². The minimum absolute atomic E-state index is 0.123. The lowest BCUT2D eigenvalue weighted by Gasteiger charge is -2.38. The second kappa shape index (κ2) is 8.03. The van der Waals surface area contributed by atoms with E-state index in [1.807, 2.05) is 19.1 Å². The van der Waals surface area contributed by atoms with Crippen LogP contribution in [0.3, 0.4) is 0 Å². The predicted octanol–water partition coefficient (Wildman–Crippen LogP) is 2.01. The summed E-state index contributed by atoms with van der Waals surface area (Å²) in [4.78, 5) is 2.83. The maximum absolute atomic E-state index is 13.0. The molecule has 156 valence electrons. The van der Waals surface area contributed by atoms with Crippen molar-refractivity contribution in [1.82, 2.24) is 9.21 Å². The van der Waals surface area contributed by atoms with E-state index in [-0.39, 0.29) is 17.6 Å². The van der Waals surface area contributed by atoms with Gasteiger partial charge in [0, 0.05) is 32.7 Å². The largest absolute Gasteiger partial charge is 0.393 e. The molecule has 1 aromatic carbocycles. The zero-order valence-electron chi connectivity index (χ0n) is 16.7. The Balaban J connectivity index is 1.33. The summed E-state index contributed by atoms with van der Waals surface area (Å²) in [5, 5.41) is 9.66. The van der Waals surface area contributed by atoms with Crippen molar-refractivity contribution in [3.8, 4) is 0 Å². The van der Waals surface area contributed by atoms with Crippen molar-refractivity contribution >= 4 is 10.0 Å². The van der Waals surface area contributed by atoms with Crippen LogP contribution in [0.15, 0.2) is 29.2 Å². The van der Waals surface area contributed by atoms with E-state index in [2.05, 4.69) is 4.90 Å². The van der Waals surface area contributed by atoms with Crippen molar-refractivity contribution in [3.63, 3.8) is 0 Å². The molecule has 3 saturated heterocycles. The number of benzene rings is 1. The Morgan fingerprint density at radius 3 is 2.50 bits per heavy atom. The standard InChI is InChI=1S/C21H32N2O4S/c1-17-4-2-3-5-20(17)28(25,26)23-12-8-21(9-13-23)14-19(27-16-21)15-22-10-6-18(24)7-11-22/h2-5,18-19,24H,6-16H2,1H3. The molecule has 3 fully saturated rings. The predicted molar refractivity (Wildman–Crippen MR) is 108 cm³/mol.